The van der Waals surface area contributed by atoms with Gasteiger partial charge in [-0.05, 0) is 30.3 Å². The van der Waals surface area contributed by atoms with Crippen molar-refractivity contribution in [1.29, 1.82) is 0 Å². The fourth-order valence-corrected chi connectivity index (χ4v) is 2.10. The SMILES string of the molecule is O=C(CC(=O)Nc1c(F)cccc1F)Nc1cc(C(F)(F)F)ccc1Cl. The minimum Gasteiger partial charge on any atom is -0.324 e. The number of hydrogen-bond donors (Lipinski definition) is 2. The van der Waals surface area contributed by atoms with Crippen LogP contribution in [-0.4, -0.2) is 11.8 Å². The van der Waals surface area contributed by atoms with Gasteiger partial charge in [0.05, 0.1) is 16.3 Å². The Balaban J connectivity index is 2.06. The molecule has 0 radical (unpaired) electrons. The molecule has 0 atom stereocenters. The van der Waals surface area contributed by atoms with Crippen LogP contribution in [0.2, 0.25) is 5.02 Å². The monoisotopic (exact) mass is 392 g/mol. The van der Waals surface area contributed by atoms with Crippen LogP contribution >= 0.6 is 11.6 Å². The number of nitrogens with one attached hydrogen (secondary N) is 2. The number of rotatable bonds is 4. The Morgan fingerprint density at radius 1 is 0.962 bits per heavy atom. The molecule has 10 heteroatoms. The molecule has 4 nitrogen and oxygen atoms in total. The van der Waals surface area contributed by atoms with Crippen molar-refractivity contribution in [2.24, 2.45) is 0 Å². The number of amides is 2. The van der Waals surface area contributed by atoms with Gasteiger partial charge in [-0.25, -0.2) is 8.78 Å². The van der Waals surface area contributed by atoms with Crippen LogP contribution in [0, 0.1) is 11.6 Å². The van der Waals surface area contributed by atoms with E-state index in [9.17, 15) is 31.5 Å². The lowest BCUT2D eigenvalue weighted by Crippen LogP contribution is -2.22. The molecule has 0 aliphatic carbocycles. The third-order valence-corrected chi connectivity index (χ3v) is 3.45. The number of anilines is 2. The van der Waals surface area contributed by atoms with Gasteiger partial charge in [-0.1, -0.05) is 17.7 Å². The Hall–Kier alpha value is -2.68. The standard InChI is InChI=1S/C16H10ClF5N2O2/c17-9-5-4-8(16(20,21)22)6-12(9)23-13(25)7-14(26)24-15-10(18)2-1-3-11(15)19/h1-6H,7H2,(H,23,25)(H,24,26). The summed E-state index contributed by atoms with van der Waals surface area (Å²) in [7, 11) is 0. The van der Waals surface area contributed by atoms with Crippen molar-refractivity contribution in [2.45, 2.75) is 12.6 Å². The largest absolute Gasteiger partial charge is 0.416 e. The second-order valence-corrected chi connectivity index (χ2v) is 5.47. The maximum Gasteiger partial charge on any atom is 0.416 e. The summed E-state index contributed by atoms with van der Waals surface area (Å²) in [6.45, 7) is 0. The molecule has 0 bridgehead atoms. The molecule has 26 heavy (non-hydrogen) atoms. The number of halogens is 6. The first-order valence-electron chi connectivity index (χ1n) is 6.98. The molecule has 0 fully saturated rings. The van der Waals surface area contributed by atoms with E-state index in [1.54, 1.807) is 0 Å². The fourth-order valence-electron chi connectivity index (χ4n) is 1.94. The van der Waals surface area contributed by atoms with Gasteiger partial charge in [-0.15, -0.1) is 0 Å². The molecule has 2 aromatic rings. The number of carbonyl (C=O) groups is 2. The highest BCUT2D eigenvalue weighted by Crippen LogP contribution is 2.33. The highest BCUT2D eigenvalue weighted by atomic mass is 35.5. The molecule has 0 saturated heterocycles. The van der Waals surface area contributed by atoms with Crippen molar-refractivity contribution in [3.63, 3.8) is 0 Å². The van der Waals surface area contributed by atoms with Crippen molar-refractivity contribution in [3.8, 4) is 0 Å². The maximum atomic E-state index is 13.4. The molecule has 0 spiro atoms. The topological polar surface area (TPSA) is 58.2 Å². The molecule has 138 valence electrons. The Morgan fingerprint density at radius 2 is 1.54 bits per heavy atom. The van der Waals surface area contributed by atoms with Gasteiger partial charge in [-0.2, -0.15) is 13.2 Å². The first kappa shape index (κ1) is 19.6. The molecular formula is C16H10ClF5N2O2. The summed E-state index contributed by atoms with van der Waals surface area (Å²) in [5.74, 6) is -4.16. The molecule has 0 aliphatic rings. The van der Waals surface area contributed by atoms with Crippen LogP contribution < -0.4 is 10.6 Å². The van der Waals surface area contributed by atoms with E-state index in [2.05, 4.69) is 0 Å². The van der Waals surface area contributed by atoms with E-state index in [1.807, 2.05) is 10.6 Å². The summed E-state index contributed by atoms with van der Waals surface area (Å²) in [5, 5.41) is 3.76. The van der Waals surface area contributed by atoms with Crippen LogP contribution in [0.5, 0.6) is 0 Å². The van der Waals surface area contributed by atoms with Gasteiger partial charge in [0.15, 0.2) is 0 Å². The quantitative estimate of drug-likeness (QED) is 0.590. The van der Waals surface area contributed by atoms with Crippen LogP contribution in [0.4, 0.5) is 33.3 Å². The van der Waals surface area contributed by atoms with Crippen molar-refractivity contribution in [3.05, 3.63) is 58.6 Å². The summed E-state index contributed by atoms with van der Waals surface area (Å²) in [4.78, 5) is 23.5. The average Bonchev–Trinajstić information content (AvgIpc) is 2.52. The zero-order valence-electron chi connectivity index (χ0n) is 12.8. The molecule has 2 N–H and O–H groups in total. The molecule has 0 heterocycles. The third-order valence-electron chi connectivity index (χ3n) is 3.12. The van der Waals surface area contributed by atoms with Crippen LogP contribution in [0.25, 0.3) is 0 Å². The number of hydrogen-bond acceptors (Lipinski definition) is 2. The van der Waals surface area contributed by atoms with Gasteiger partial charge in [0.2, 0.25) is 11.8 Å². The van der Waals surface area contributed by atoms with Gasteiger partial charge >= 0.3 is 6.18 Å². The molecular weight excluding hydrogens is 383 g/mol. The number of carbonyl (C=O) groups excluding carboxylic acids is 2. The summed E-state index contributed by atoms with van der Waals surface area (Å²) in [6.07, 6.45) is -5.54. The average molecular weight is 393 g/mol. The Bertz CT molecular complexity index is 835. The Labute approximate surface area is 149 Å². The van der Waals surface area contributed by atoms with E-state index in [0.717, 1.165) is 30.3 Å². The second kappa shape index (κ2) is 7.69. The lowest BCUT2D eigenvalue weighted by Gasteiger charge is -2.12. The predicted octanol–water partition coefficient (Wildman–Crippen LogP) is 4.60. The molecule has 0 aliphatic heterocycles. The lowest BCUT2D eigenvalue weighted by atomic mass is 10.2. The van der Waals surface area contributed by atoms with Crippen molar-refractivity contribution in [1.82, 2.24) is 0 Å². The van der Waals surface area contributed by atoms with Crippen LogP contribution in [-0.2, 0) is 15.8 Å². The van der Waals surface area contributed by atoms with Gasteiger partial charge < -0.3 is 10.6 Å². The molecule has 2 amide bonds. The summed E-state index contributed by atoms with van der Waals surface area (Å²) >= 11 is 5.72. The Kier molecular flexibility index (Phi) is 5.81. The predicted molar refractivity (Wildman–Crippen MR) is 84.7 cm³/mol. The van der Waals surface area contributed by atoms with E-state index in [1.165, 1.54) is 0 Å². The zero-order chi connectivity index (χ0) is 19.5. The molecule has 2 rings (SSSR count). The highest BCUT2D eigenvalue weighted by molar-refractivity contribution is 6.33. The van der Waals surface area contributed by atoms with Gasteiger partial charge in [0, 0.05) is 0 Å². The first-order valence-corrected chi connectivity index (χ1v) is 7.36. The first-order chi connectivity index (χ1) is 12.1. The molecule has 2 aromatic carbocycles. The zero-order valence-corrected chi connectivity index (χ0v) is 13.5. The number of alkyl halides is 3. The van der Waals surface area contributed by atoms with Gasteiger partial charge in [-0.3, -0.25) is 9.59 Å². The van der Waals surface area contributed by atoms with Crippen molar-refractivity contribution < 1.29 is 31.5 Å². The Morgan fingerprint density at radius 3 is 2.12 bits per heavy atom. The fraction of sp³-hybridized carbons (Fsp3) is 0.125. The van der Waals surface area contributed by atoms with Crippen LogP contribution in [0.15, 0.2) is 36.4 Å². The number of benzene rings is 2. The normalized spacial score (nSPS) is 11.2. The minimum absolute atomic E-state index is 0.174. The van der Waals surface area contributed by atoms with E-state index >= 15 is 0 Å². The summed E-state index contributed by atoms with van der Waals surface area (Å²) in [6, 6.07) is 5.17. The van der Waals surface area contributed by atoms with Crippen molar-refractivity contribution in [2.75, 3.05) is 10.6 Å². The van der Waals surface area contributed by atoms with Crippen molar-refractivity contribution >= 4 is 34.8 Å². The molecule has 0 aromatic heterocycles. The smallest absolute Gasteiger partial charge is 0.324 e. The third kappa shape index (κ3) is 4.92. The van der Waals surface area contributed by atoms with Crippen LogP contribution in [0.1, 0.15) is 12.0 Å². The molecule has 0 saturated carbocycles. The van der Waals surface area contributed by atoms with E-state index in [0.29, 0.717) is 6.07 Å². The highest BCUT2D eigenvalue weighted by Gasteiger charge is 2.31. The molecule has 0 unspecified atom stereocenters. The van der Waals surface area contributed by atoms with Gasteiger partial charge in [0.25, 0.3) is 0 Å². The summed E-state index contributed by atoms with van der Waals surface area (Å²) in [5.41, 5.74) is -2.13. The van der Waals surface area contributed by atoms with E-state index in [4.69, 9.17) is 11.6 Å². The maximum absolute atomic E-state index is 13.4. The summed E-state index contributed by atoms with van der Waals surface area (Å²) < 4.78 is 64.9. The second-order valence-electron chi connectivity index (χ2n) is 5.06. The van der Waals surface area contributed by atoms with Gasteiger partial charge in [0.1, 0.15) is 23.7 Å². The van der Waals surface area contributed by atoms with Crippen LogP contribution in [0.3, 0.4) is 0 Å². The minimum atomic E-state index is -4.65. The number of para-hydroxylation sites is 1. The van der Waals surface area contributed by atoms with E-state index < -0.39 is 47.3 Å². The van der Waals surface area contributed by atoms with E-state index in [-0.39, 0.29) is 10.7 Å². The lowest BCUT2D eigenvalue weighted by molar-refractivity contribution is -0.137.